The van der Waals surface area contributed by atoms with Gasteiger partial charge in [0.15, 0.2) is 17.6 Å². The first kappa shape index (κ1) is 29.8. The van der Waals surface area contributed by atoms with Gasteiger partial charge in [0.25, 0.3) is 0 Å². The number of anilines is 2. The van der Waals surface area contributed by atoms with Crippen molar-refractivity contribution in [2.45, 2.75) is 31.8 Å². The van der Waals surface area contributed by atoms with Crippen molar-refractivity contribution in [3.63, 3.8) is 0 Å². The number of nitrogens with zero attached hydrogens (tertiary/aromatic N) is 6. The first-order valence-electron chi connectivity index (χ1n) is 14.2. The lowest BCUT2D eigenvalue weighted by atomic mass is 10.3. The number of nitrogens with one attached hydrogen (secondary N) is 2. The normalized spacial score (nSPS) is 19.8. The van der Waals surface area contributed by atoms with Gasteiger partial charge in [-0.05, 0) is 61.4 Å². The molecule has 0 radical (unpaired) electrons. The van der Waals surface area contributed by atoms with Gasteiger partial charge in [0.05, 0.1) is 44.5 Å². The first-order valence-corrected chi connectivity index (χ1v) is 15.8. The number of halogens is 2. The molecule has 2 saturated carbocycles. The summed E-state index contributed by atoms with van der Waals surface area (Å²) in [5, 5.41) is 22.9. The standard InChI is InChI=1S/C15H13FN4O2S.C15H11FN4O2S/c2*16-10-6-9(10)14(22)18-15-17-13-3-1-2-11(20(13)19-15)12-5-4-8(7-21)23-12/h1-5,9-10,21H,6-7H2,(H,18,19,22);1-5,7,9-10H,6H2,(H,18,19,22)/t2*9-,10-/m00/s1. The third kappa shape index (κ3) is 6.01. The number of aromatic nitrogens is 6. The van der Waals surface area contributed by atoms with Crippen molar-refractivity contribution in [2.75, 3.05) is 10.6 Å². The topological polar surface area (TPSA) is 156 Å². The average Bonchev–Trinajstić information content (AvgIpc) is 3.60. The van der Waals surface area contributed by atoms with Crippen molar-refractivity contribution in [3.05, 3.63) is 70.4 Å². The van der Waals surface area contributed by atoms with Gasteiger partial charge in [-0.2, -0.15) is 9.97 Å². The summed E-state index contributed by atoms with van der Waals surface area (Å²) in [7, 11) is 0. The minimum atomic E-state index is -1.06. The summed E-state index contributed by atoms with van der Waals surface area (Å²) in [5.41, 5.74) is 2.73. The van der Waals surface area contributed by atoms with Crippen LogP contribution in [0.15, 0.2) is 60.7 Å². The second-order valence-corrected chi connectivity index (χ2v) is 13.0. The van der Waals surface area contributed by atoms with Crippen molar-refractivity contribution >= 4 is 64.0 Å². The average molecular weight is 663 g/mol. The lowest BCUT2D eigenvalue weighted by molar-refractivity contribution is -0.118. The predicted octanol–water partition coefficient (Wildman–Crippen LogP) is 4.81. The van der Waals surface area contributed by atoms with Crippen LogP contribution in [-0.2, 0) is 16.2 Å². The van der Waals surface area contributed by atoms with Gasteiger partial charge in [-0.25, -0.2) is 17.8 Å². The fourth-order valence-electron chi connectivity index (χ4n) is 4.72. The summed E-state index contributed by atoms with van der Waals surface area (Å²) in [6, 6.07) is 18.3. The molecule has 12 nitrogen and oxygen atoms in total. The molecule has 3 N–H and O–H groups in total. The predicted molar refractivity (Wildman–Crippen MR) is 167 cm³/mol. The van der Waals surface area contributed by atoms with E-state index in [1.54, 1.807) is 27.2 Å². The largest absolute Gasteiger partial charge is 0.391 e. The van der Waals surface area contributed by atoms with Crippen LogP contribution >= 0.6 is 22.7 Å². The Morgan fingerprint density at radius 1 is 0.804 bits per heavy atom. The third-order valence-electron chi connectivity index (χ3n) is 7.35. The molecular weight excluding hydrogens is 639 g/mol. The second-order valence-electron chi connectivity index (χ2n) is 10.7. The van der Waals surface area contributed by atoms with E-state index in [9.17, 15) is 28.3 Å². The Hall–Kier alpha value is -4.93. The van der Waals surface area contributed by atoms with E-state index in [2.05, 4.69) is 30.8 Å². The van der Waals surface area contributed by atoms with E-state index in [1.165, 1.54) is 22.7 Å². The molecule has 234 valence electrons. The van der Waals surface area contributed by atoms with Crippen molar-refractivity contribution in [1.82, 2.24) is 29.2 Å². The molecule has 6 aromatic heterocycles. The smallest absolute Gasteiger partial charge is 0.249 e. The van der Waals surface area contributed by atoms with Gasteiger partial charge in [0.2, 0.25) is 23.7 Å². The van der Waals surface area contributed by atoms with E-state index >= 15 is 0 Å². The molecule has 2 aliphatic rings. The fourth-order valence-corrected chi connectivity index (χ4v) is 6.43. The number of rotatable bonds is 8. The monoisotopic (exact) mass is 662 g/mol. The van der Waals surface area contributed by atoms with Crippen LogP contribution in [0.1, 0.15) is 27.4 Å². The van der Waals surface area contributed by atoms with Gasteiger partial charge in [-0.3, -0.25) is 25.0 Å². The highest BCUT2D eigenvalue weighted by atomic mass is 32.1. The molecule has 2 aliphatic carbocycles. The molecule has 2 amide bonds. The van der Waals surface area contributed by atoms with Crippen LogP contribution in [0.4, 0.5) is 20.7 Å². The van der Waals surface area contributed by atoms with Crippen molar-refractivity contribution in [2.24, 2.45) is 11.8 Å². The minimum absolute atomic E-state index is 0.00884. The maximum Gasteiger partial charge on any atom is 0.249 e. The van der Waals surface area contributed by atoms with E-state index in [4.69, 9.17) is 0 Å². The number of amides is 2. The Morgan fingerprint density at radius 2 is 1.30 bits per heavy atom. The Kier molecular flexibility index (Phi) is 7.84. The molecule has 0 bridgehead atoms. The Balaban J connectivity index is 0.000000147. The maximum atomic E-state index is 12.9. The van der Waals surface area contributed by atoms with Crippen LogP contribution in [0.25, 0.3) is 32.4 Å². The van der Waals surface area contributed by atoms with Gasteiger partial charge in [-0.1, -0.05) is 12.1 Å². The maximum absolute atomic E-state index is 12.9. The summed E-state index contributed by atoms with van der Waals surface area (Å²) in [5.74, 6) is -1.63. The Labute approximate surface area is 266 Å². The van der Waals surface area contributed by atoms with Crippen LogP contribution in [0.2, 0.25) is 0 Å². The zero-order valence-corrected chi connectivity index (χ0v) is 25.3. The Bertz CT molecular complexity index is 2110. The van der Waals surface area contributed by atoms with E-state index in [0.29, 0.717) is 16.2 Å². The van der Waals surface area contributed by atoms with Crippen LogP contribution in [-0.4, -0.2) is 64.7 Å². The van der Waals surface area contributed by atoms with E-state index in [-0.39, 0.29) is 37.3 Å². The van der Waals surface area contributed by atoms with Crippen LogP contribution in [0, 0.1) is 11.8 Å². The zero-order valence-electron chi connectivity index (χ0n) is 23.7. The minimum Gasteiger partial charge on any atom is -0.391 e. The number of aliphatic hydroxyl groups excluding tert-OH is 1. The molecule has 6 heterocycles. The molecule has 8 rings (SSSR count). The van der Waals surface area contributed by atoms with Gasteiger partial charge >= 0.3 is 0 Å². The number of carbonyl (C=O) groups is 3. The molecule has 0 saturated heterocycles. The van der Waals surface area contributed by atoms with Crippen LogP contribution in [0.3, 0.4) is 0 Å². The highest BCUT2D eigenvalue weighted by molar-refractivity contribution is 7.17. The number of hydrogen-bond donors (Lipinski definition) is 3. The molecule has 2 fully saturated rings. The summed E-state index contributed by atoms with van der Waals surface area (Å²) in [6.07, 6.45) is -0.789. The third-order valence-corrected chi connectivity index (χ3v) is 9.48. The number of thiophene rings is 2. The molecule has 6 aromatic rings. The van der Waals surface area contributed by atoms with Gasteiger partial charge in [0, 0.05) is 4.88 Å². The number of carbonyl (C=O) groups excluding carboxylic acids is 3. The van der Waals surface area contributed by atoms with Gasteiger partial charge in [0.1, 0.15) is 12.3 Å². The van der Waals surface area contributed by atoms with Crippen LogP contribution < -0.4 is 10.6 Å². The van der Waals surface area contributed by atoms with E-state index < -0.39 is 30.1 Å². The number of fused-ring (bicyclic) bond motifs is 2. The number of pyridine rings is 2. The second kappa shape index (κ2) is 12.1. The van der Waals surface area contributed by atoms with Gasteiger partial charge < -0.3 is 5.11 Å². The molecule has 0 spiro atoms. The molecule has 0 unspecified atom stereocenters. The summed E-state index contributed by atoms with van der Waals surface area (Å²) in [4.78, 5) is 46.2. The first-order chi connectivity index (χ1) is 22.3. The SMILES string of the molecule is O=C(Nc1nc2cccc(-c3ccc(CO)s3)n2n1)[C@H]1C[C@@H]1F.O=Cc1ccc(-c2cccc3nc(NC(=O)[C@H]4C[C@@H]4F)nn23)s1. The molecule has 0 aliphatic heterocycles. The summed E-state index contributed by atoms with van der Waals surface area (Å²) in [6.45, 7) is -0.00884. The highest BCUT2D eigenvalue weighted by Crippen LogP contribution is 2.36. The molecular formula is C30H24F2N8O4S2. The van der Waals surface area contributed by atoms with Crippen molar-refractivity contribution < 1.29 is 28.3 Å². The van der Waals surface area contributed by atoms with E-state index in [1.807, 2.05) is 42.5 Å². The number of aldehydes is 1. The van der Waals surface area contributed by atoms with Crippen LogP contribution in [0.5, 0.6) is 0 Å². The zero-order chi connectivity index (χ0) is 31.9. The Morgan fingerprint density at radius 3 is 1.74 bits per heavy atom. The molecule has 0 aromatic carbocycles. The fraction of sp³-hybridized carbons (Fsp3) is 0.233. The number of alkyl halides is 2. The molecule has 16 heteroatoms. The summed E-state index contributed by atoms with van der Waals surface area (Å²) >= 11 is 2.81. The quantitative estimate of drug-likeness (QED) is 0.196. The van der Waals surface area contributed by atoms with Gasteiger partial charge in [-0.15, -0.1) is 32.9 Å². The lowest BCUT2D eigenvalue weighted by Crippen LogP contribution is -2.16. The number of hydrogen-bond acceptors (Lipinski definition) is 10. The molecule has 46 heavy (non-hydrogen) atoms. The summed E-state index contributed by atoms with van der Waals surface area (Å²) < 4.78 is 29.1. The van der Waals surface area contributed by atoms with E-state index in [0.717, 1.165) is 32.3 Å². The number of aliphatic hydroxyl groups is 1. The van der Waals surface area contributed by atoms with Crippen molar-refractivity contribution in [3.8, 4) is 21.1 Å². The highest BCUT2D eigenvalue weighted by Gasteiger charge is 2.44. The lowest BCUT2D eigenvalue weighted by Gasteiger charge is -2.00. The molecule has 4 atom stereocenters. The van der Waals surface area contributed by atoms with Crippen molar-refractivity contribution in [1.29, 1.82) is 0 Å².